The average Bonchev–Trinajstić information content (AvgIpc) is 3.22. The number of hydrogen-bond acceptors (Lipinski definition) is 2. The second kappa shape index (κ2) is 19.0. The van der Waals surface area contributed by atoms with Crippen molar-refractivity contribution in [1.29, 1.82) is 0 Å². The Morgan fingerprint density at radius 1 is 0.862 bits per heavy atom. The van der Waals surface area contributed by atoms with Crippen molar-refractivity contribution in [3.05, 3.63) is 72.8 Å². The number of rotatable bonds is 17. The van der Waals surface area contributed by atoms with Gasteiger partial charge in [-0.15, -0.1) is 0 Å². The summed E-state index contributed by atoms with van der Waals surface area (Å²) in [6.07, 6.45) is 32.9. The van der Waals surface area contributed by atoms with Gasteiger partial charge in [0.1, 0.15) is 0 Å². The summed E-state index contributed by atoms with van der Waals surface area (Å²) in [6.45, 7) is 2.98. The van der Waals surface area contributed by atoms with Gasteiger partial charge >= 0.3 is 0 Å². The molecular weight excluding hydrogens is 358 g/mol. The van der Waals surface area contributed by atoms with E-state index in [4.69, 9.17) is 4.42 Å². The molecule has 1 heterocycles. The maximum atomic E-state index is 11.7. The first kappa shape index (κ1) is 24.7. The third-order valence-electron chi connectivity index (χ3n) is 4.52. The topological polar surface area (TPSA) is 42.2 Å². The Bertz CT molecular complexity index is 609. The lowest BCUT2D eigenvalue weighted by molar-refractivity contribution is -0.120. The predicted octanol–water partition coefficient (Wildman–Crippen LogP) is 7.08. The summed E-state index contributed by atoms with van der Waals surface area (Å²) >= 11 is 0. The molecule has 1 rings (SSSR count). The van der Waals surface area contributed by atoms with Gasteiger partial charge in [-0.1, -0.05) is 68.4 Å². The van der Waals surface area contributed by atoms with Gasteiger partial charge in [-0.2, -0.15) is 0 Å². The molecule has 3 heteroatoms. The van der Waals surface area contributed by atoms with Gasteiger partial charge in [0, 0.05) is 6.54 Å². The number of furan rings is 1. The van der Waals surface area contributed by atoms with E-state index in [9.17, 15) is 4.79 Å². The molecule has 0 radical (unpaired) electrons. The summed E-state index contributed by atoms with van der Waals surface area (Å²) < 4.78 is 4.96. The standard InChI is InChI=1S/C26H39NO2/c1-2-3-4-5-6-7-8-9-10-11-12-13-14-15-16-17-18-19-21-27-26(28)23-25-20-22-29-24-25/h6-7,9-10,12-13,15-16,20,22,24H,2-5,8,11,14,17-19,21,23H2,1H3,(H,27,28)/b7-6-,10-9-,13-12-,16-15-. The van der Waals surface area contributed by atoms with Crippen LogP contribution in [0.25, 0.3) is 0 Å². The third-order valence-corrected chi connectivity index (χ3v) is 4.52. The van der Waals surface area contributed by atoms with E-state index < -0.39 is 0 Å². The van der Waals surface area contributed by atoms with E-state index in [1.807, 2.05) is 6.07 Å². The Kier molecular flexibility index (Phi) is 16.3. The van der Waals surface area contributed by atoms with Crippen LogP contribution in [0.2, 0.25) is 0 Å². The summed E-state index contributed by atoms with van der Waals surface area (Å²) in [4.78, 5) is 11.7. The zero-order valence-electron chi connectivity index (χ0n) is 18.2. The first-order valence-electron chi connectivity index (χ1n) is 11.2. The lowest BCUT2D eigenvalue weighted by Gasteiger charge is -2.03. The van der Waals surface area contributed by atoms with Crippen LogP contribution in [-0.2, 0) is 11.2 Å². The minimum Gasteiger partial charge on any atom is -0.472 e. The second-order valence-electron chi connectivity index (χ2n) is 7.24. The summed E-state index contributed by atoms with van der Waals surface area (Å²) in [5.41, 5.74) is 0.920. The zero-order valence-corrected chi connectivity index (χ0v) is 18.2. The molecule has 29 heavy (non-hydrogen) atoms. The SMILES string of the molecule is CCCCC/C=C\C/C=C\C/C=C\C/C=C\CCCCNC(=O)Cc1ccoc1. The fourth-order valence-electron chi connectivity index (χ4n) is 2.82. The lowest BCUT2D eigenvalue weighted by Crippen LogP contribution is -2.25. The van der Waals surface area contributed by atoms with Crippen molar-refractivity contribution >= 4 is 5.91 Å². The molecule has 0 aliphatic heterocycles. The Labute approximate surface area is 177 Å². The maximum Gasteiger partial charge on any atom is 0.224 e. The molecule has 0 saturated carbocycles. The molecule has 0 bridgehead atoms. The minimum absolute atomic E-state index is 0.0594. The van der Waals surface area contributed by atoms with Crippen LogP contribution in [0.3, 0.4) is 0 Å². The molecule has 0 aromatic carbocycles. The fourth-order valence-corrected chi connectivity index (χ4v) is 2.82. The summed E-state index contributed by atoms with van der Waals surface area (Å²) in [5.74, 6) is 0.0594. The monoisotopic (exact) mass is 397 g/mol. The number of unbranched alkanes of at least 4 members (excludes halogenated alkanes) is 5. The quantitative estimate of drug-likeness (QED) is 0.225. The lowest BCUT2D eigenvalue weighted by atomic mass is 10.2. The molecule has 1 amide bonds. The number of nitrogens with one attached hydrogen (secondary N) is 1. The molecular formula is C26H39NO2. The van der Waals surface area contributed by atoms with Crippen LogP contribution in [-0.4, -0.2) is 12.5 Å². The molecule has 0 unspecified atom stereocenters. The van der Waals surface area contributed by atoms with E-state index in [1.54, 1.807) is 12.5 Å². The number of hydrogen-bond donors (Lipinski definition) is 1. The van der Waals surface area contributed by atoms with Gasteiger partial charge < -0.3 is 9.73 Å². The van der Waals surface area contributed by atoms with Crippen LogP contribution in [0.4, 0.5) is 0 Å². The Morgan fingerprint density at radius 2 is 1.45 bits per heavy atom. The van der Waals surface area contributed by atoms with E-state index in [1.165, 1.54) is 25.7 Å². The van der Waals surface area contributed by atoms with Gasteiger partial charge in [0.15, 0.2) is 0 Å². The highest BCUT2D eigenvalue weighted by molar-refractivity contribution is 5.78. The van der Waals surface area contributed by atoms with Crippen molar-refractivity contribution in [3.8, 4) is 0 Å². The smallest absolute Gasteiger partial charge is 0.224 e. The van der Waals surface area contributed by atoms with Crippen molar-refractivity contribution in [2.45, 2.75) is 77.6 Å². The first-order chi connectivity index (χ1) is 14.3. The highest BCUT2D eigenvalue weighted by atomic mass is 16.3. The molecule has 0 fully saturated rings. The van der Waals surface area contributed by atoms with Crippen LogP contribution < -0.4 is 5.32 Å². The fraction of sp³-hybridized carbons (Fsp3) is 0.500. The van der Waals surface area contributed by atoms with Crippen LogP contribution in [0.15, 0.2) is 71.6 Å². The van der Waals surface area contributed by atoms with Crippen molar-refractivity contribution in [2.75, 3.05) is 6.54 Å². The second-order valence-corrected chi connectivity index (χ2v) is 7.24. The maximum absolute atomic E-state index is 11.7. The molecule has 0 aliphatic carbocycles. The number of allylic oxidation sites excluding steroid dienone is 8. The molecule has 0 spiro atoms. The van der Waals surface area contributed by atoms with E-state index in [2.05, 4.69) is 60.8 Å². The van der Waals surface area contributed by atoms with Crippen LogP contribution in [0, 0.1) is 0 Å². The number of carbonyl (C=O) groups excluding carboxylic acids is 1. The van der Waals surface area contributed by atoms with Crippen LogP contribution >= 0.6 is 0 Å². The molecule has 3 nitrogen and oxygen atoms in total. The molecule has 160 valence electrons. The van der Waals surface area contributed by atoms with Gasteiger partial charge in [0.25, 0.3) is 0 Å². The molecule has 0 saturated heterocycles. The van der Waals surface area contributed by atoms with Crippen molar-refractivity contribution in [1.82, 2.24) is 5.32 Å². The Balaban J connectivity index is 1.88. The Hall–Kier alpha value is -2.29. The van der Waals surface area contributed by atoms with Gasteiger partial charge in [-0.25, -0.2) is 0 Å². The van der Waals surface area contributed by atoms with E-state index in [0.29, 0.717) is 6.42 Å². The van der Waals surface area contributed by atoms with Crippen LogP contribution in [0.1, 0.15) is 76.7 Å². The van der Waals surface area contributed by atoms with Gasteiger partial charge in [0.05, 0.1) is 18.9 Å². The van der Waals surface area contributed by atoms with E-state index >= 15 is 0 Å². The summed E-state index contributed by atoms with van der Waals surface area (Å²) in [6, 6.07) is 1.82. The van der Waals surface area contributed by atoms with Crippen LogP contribution in [0.5, 0.6) is 0 Å². The normalized spacial score (nSPS) is 12.2. The average molecular weight is 398 g/mol. The predicted molar refractivity (Wildman–Crippen MR) is 124 cm³/mol. The van der Waals surface area contributed by atoms with Crippen molar-refractivity contribution in [3.63, 3.8) is 0 Å². The summed E-state index contributed by atoms with van der Waals surface area (Å²) in [7, 11) is 0. The van der Waals surface area contributed by atoms with Gasteiger partial charge in [-0.3, -0.25) is 4.79 Å². The molecule has 1 aromatic heterocycles. The number of carbonyl (C=O) groups is 1. The molecule has 1 aromatic rings. The highest BCUT2D eigenvalue weighted by Crippen LogP contribution is 2.02. The largest absolute Gasteiger partial charge is 0.472 e. The molecule has 1 N–H and O–H groups in total. The Morgan fingerprint density at radius 3 is 2.00 bits per heavy atom. The van der Waals surface area contributed by atoms with Crippen molar-refractivity contribution < 1.29 is 9.21 Å². The number of amides is 1. The van der Waals surface area contributed by atoms with E-state index in [0.717, 1.165) is 50.6 Å². The van der Waals surface area contributed by atoms with Gasteiger partial charge in [-0.05, 0) is 63.0 Å². The minimum atomic E-state index is 0.0594. The first-order valence-corrected chi connectivity index (χ1v) is 11.2. The molecule has 0 aliphatic rings. The van der Waals surface area contributed by atoms with E-state index in [-0.39, 0.29) is 5.91 Å². The van der Waals surface area contributed by atoms with Gasteiger partial charge in [0.2, 0.25) is 5.91 Å². The highest BCUT2D eigenvalue weighted by Gasteiger charge is 2.02. The zero-order chi connectivity index (χ0) is 20.8. The molecule has 0 atom stereocenters. The van der Waals surface area contributed by atoms with Crippen molar-refractivity contribution in [2.24, 2.45) is 0 Å². The third kappa shape index (κ3) is 16.4. The summed E-state index contributed by atoms with van der Waals surface area (Å²) in [5, 5.41) is 2.95.